The summed E-state index contributed by atoms with van der Waals surface area (Å²) >= 11 is 1.30. The number of hydrogen-bond donors (Lipinski definition) is 1. The molecule has 1 amide bonds. The van der Waals surface area contributed by atoms with Gasteiger partial charge in [-0.05, 0) is 12.1 Å². The summed E-state index contributed by atoms with van der Waals surface area (Å²) in [5.74, 6) is -0.376. The van der Waals surface area contributed by atoms with E-state index in [1.54, 1.807) is 12.1 Å². The van der Waals surface area contributed by atoms with E-state index in [4.69, 9.17) is 0 Å². The van der Waals surface area contributed by atoms with Gasteiger partial charge in [0, 0.05) is 12.2 Å². The summed E-state index contributed by atoms with van der Waals surface area (Å²) in [6.07, 6.45) is 0.218. The fraction of sp³-hybridized carbons (Fsp3) is 0.333. The van der Waals surface area contributed by atoms with Crippen LogP contribution >= 0.6 is 11.8 Å². The number of rotatable bonds is 6. The molecule has 0 saturated carbocycles. The lowest BCUT2D eigenvalue weighted by molar-refractivity contribution is -0.137. The first-order chi connectivity index (χ1) is 8.63. The van der Waals surface area contributed by atoms with Gasteiger partial charge in [0.1, 0.15) is 5.82 Å². The number of amides is 1. The fourth-order valence-corrected chi connectivity index (χ4v) is 1.91. The van der Waals surface area contributed by atoms with E-state index in [0.717, 1.165) is 0 Å². The minimum Gasteiger partial charge on any atom is -0.468 e. The van der Waals surface area contributed by atoms with E-state index in [-0.39, 0.29) is 29.7 Å². The maximum Gasteiger partial charge on any atom is 0.315 e. The zero-order valence-electron chi connectivity index (χ0n) is 9.94. The third-order valence-electron chi connectivity index (χ3n) is 2.07. The Bertz CT molecular complexity index is 426. The first-order valence-corrected chi connectivity index (χ1v) is 6.48. The Morgan fingerprint density at radius 3 is 2.78 bits per heavy atom. The smallest absolute Gasteiger partial charge is 0.315 e. The van der Waals surface area contributed by atoms with Crippen LogP contribution in [0.2, 0.25) is 0 Å². The van der Waals surface area contributed by atoms with Crippen molar-refractivity contribution in [2.24, 2.45) is 0 Å². The quantitative estimate of drug-likeness (QED) is 0.635. The fourth-order valence-electron chi connectivity index (χ4n) is 1.15. The van der Waals surface area contributed by atoms with Crippen molar-refractivity contribution >= 4 is 29.3 Å². The number of carbonyl (C=O) groups excluding carboxylic acids is 2. The number of esters is 1. The summed E-state index contributed by atoms with van der Waals surface area (Å²) in [6.45, 7) is 0. The van der Waals surface area contributed by atoms with Crippen LogP contribution in [-0.4, -0.2) is 30.5 Å². The van der Waals surface area contributed by atoms with Crippen LogP contribution < -0.4 is 5.32 Å². The van der Waals surface area contributed by atoms with Crippen molar-refractivity contribution < 1.29 is 18.7 Å². The maximum absolute atomic E-state index is 13.2. The van der Waals surface area contributed by atoms with Crippen LogP contribution in [0.5, 0.6) is 0 Å². The van der Waals surface area contributed by atoms with Crippen LogP contribution in [0, 0.1) is 5.82 Å². The molecule has 0 heterocycles. The number of para-hydroxylation sites is 1. The lowest BCUT2D eigenvalue weighted by Crippen LogP contribution is -2.14. The Hall–Kier alpha value is -1.56. The van der Waals surface area contributed by atoms with Gasteiger partial charge in [-0.1, -0.05) is 12.1 Å². The predicted molar refractivity (Wildman–Crippen MR) is 69.0 cm³/mol. The molecule has 1 N–H and O–H groups in total. The molecule has 0 bridgehead atoms. The molecule has 1 aromatic rings. The molecule has 18 heavy (non-hydrogen) atoms. The van der Waals surface area contributed by atoms with Gasteiger partial charge >= 0.3 is 5.97 Å². The summed E-state index contributed by atoms with van der Waals surface area (Å²) in [7, 11) is 1.31. The Morgan fingerprint density at radius 2 is 2.11 bits per heavy atom. The molecule has 0 radical (unpaired) electrons. The van der Waals surface area contributed by atoms with Gasteiger partial charge in [0.05, 0.1) is 18.6 Å². The highest BCUT2D eigenvalue weighted by Crippen LogP contribution is 2.13. The maximum atomic E-state index is 13.2. The number of nitrogens with one attached hydrogen (secondary N) is 1. The third kappa shape index (κ3) is 5.18. The van der Waals surface area contributed by atoms with Crippen LogP contribution in [0.4, 0.5) is 10.1 Å². The third-order valence-corrected chi connectivity index (χ3v) is 3.00. The van der Waals surface area contributed by atoms with Crippen LogP contribution in [0.25, 0.3) is 0 Å². The second kappa shape index (κ2) is 7.71. The molecule has 6 heteroatoms. The van der Waals surface area contributed by atoms with Crippen molar-refractivity contribution in [1.82, 2.24) is 0 Å². The minimum atomic E-state index is -0.465. The summed E-state index contributed by atoms with van der Waals surface area (Å²) in [6, 6.07) is 5.97. The lowest BCUT2D eigenvalue weighted by atomic mass is 10.3. The highest BCUT2D eigenvalue weighted by molar-refractivity contribution is 7.99. The monoisotopic (exact) mass is 271 g/mol. The lowest BCUT2D eigenvalue weighted by Gasteiger charge is -2.05. The van der Waals surface area contributed by atoms with Gasteiger partial charge in [-0.25, -0.2) is 4.39 Å². The zero-order valence-corrected chi connectivity index (χ0v) is 10.8. The number of benzene rings is 1. The molecule has 0 saturated heterocycles. The number of thioether (sulfide) groups is 1. The molecule has 1 rings (SSSR count). The normalized spacial score (nSPS) is 9.89. The summed E-state index contributed by atoms with van der Waals surface area (Å²) in [4.78, 5) is 22.3. The number of methoxy groups -OCH3 is 1. The van der Waals surface area contributed by atoms with Crippen LogP contribution in [0.1, 0.15) is 6.42 Å². The minimum absolute atomic E-state index is 0.167. The summed E-state index contributed by atoms with van der Waals surface area (Å²) < 4.78 is 17.7. The van der Waals surface area contributed by atoms with Gasteiger partial charge in [-0.15, -0.1) is 11.8 Å². The van der Waals surface area contributed by atoms with Crippen molar-refractivity contribution in [2.45, 2.75) is 6.42 Å². The first-order valence-electron chi connectivity index (χ1n) is 5.32. The van der Waals surface area contributed by atoms with E-state index in [0.29, 0.717) is 5.75 Å². The van der Waals surface area contributed by atoms with Crippen molar-refractivity contribution in [3.63, 3.8) is 0 Å². The molecule has 0 aromatic heterocycles. The predicted octanol–water partition coefficient (Wildman–Crippen LogP) is 2.06. The molecule has 0 aliphatic rings. The average Bonchev–Trinajstić information content (AvgIpc) is 2.37. The number of carbonyl (C=O) groups is 2. The average molecular weight is 271 g/mol. The highest BCUT2D eigenvalue weighted by atomic mass is 32.2. The van der Waals surface area contributed by atoms with E-state index in [1.807, 2.05) is 0 Å². The molecule has 0 spiro atoms. The summed E-state index contributed by atoms with van der Waals surface area (Å²) in [5, 5.41) is 2.47. The largest absolute Gasteiger partial charge is 0.468 e. The van der Waals surface area contributed by atoms with E-state index in [1.165, 1.54) is 31.0 Å². The van der Waals surface area contributed by atoms with Crippen molar-refractivity contribution in [2.75, 3.05) is 23.9 Å². The first kappa shape index (κ1) is 14.5. The molecular formula is C12H14FNO3S. The van der Waals surface area contributed by atoms with Gasteiger partial charge < -0.3 is 10.1 Å². The standard InChI is InChI=1S/C12H14FNO3S/c1-17-12(16)8-18-7-6-11(15)14-10-5-3-2-4-9(10)13/h2-5H,6-8H2,1H3,(H,14,15). The van der Waals surface area contributed by atoms with Crippen molar-refractivity contribution in [3.8, 4) is 0 Å². The van der Waals surface area contributed by atoms with Crippen LogP contribution in [0.15, 0.2) is 24.3 Å². The Kier molecular flexibility index (Phi) is 6.21. The topological polar surface area (TPSA) is 55.4 Å². The molecule has 0 unspecified atom stereocenters. The molecular weight excluding hydrogens is 257 g/mol. The SMILES string of the molecule is COC(=O)CSCCC(=O)Nc1ccccc1F. The Balaban J connectivity index is 2.26. The highest BCUT2D eigenvalue weighted by Gasteiger charge is 2.07. The van der Waals surface area contributed by atoms with Gasteiger partial charge in [-0.2, -0.15) is 0 Å². The zero-order chi connectivity index (χ0) is 13.4. The second-order valence-electron chi connectivity index (χ2n) is 3.41. The van der Waals surface area contributed by atoms with E-state index < -0.39 is 5.82 Å². The number of halogens is 1. The number of hydrogen-bond acceptors (Lipinski definition) is 4. The van der Waals surface area contributed by atoms with Gasteiger partial charge in [0.2, 0.25) is 5.91 Å². The summed E-state index contributed by atoms with van der Waals surface area (Å²) in [5.41, 5.74) is 0.167. The van der Waals surface area contributed by atoms with Gasteiger partial charge in [0.15, 0.2) is 0 Å². The van der Waals surface area contributed by atoms with E-state index in [2.05, 4.69) is 10.1 Å². The van der Waals surface area contributed by atoms with Crippen LogP contribution in [0.3, 0.4) is 0 Å². The molecule has 0 aliphatic carbocycles. The Labute approximate surface area is 109 Å². The molecule has 4 nitrogen and oxygen atoms in total. The van der Waals surface area contributed by atoms with Gasteiger partial charge in [-0.3, -0.25) is 9.59 Å². The van der Waals surface area contributed by atoms with E-state index >= 15 is 0 Å². The Morgan fingerprint density at radius 1 is 1.39 bits per heavy atom. The van der Waals surface area contributed by atoms with Crippen LogP contribution in [-0.2, 0) is 14.3 Å². The molecule has 0 fully saturated rings. The van der Waals surface area contributed by atoms with Gasteiger partial charge in [0.25, 0.3) is 0 Å². The van der Waals surface area contributed by atoms with Crippen molar-refractivity contribution in [3.05, 3.63) is 30.1 Å². The molecule has 0 atom stereocenters. The number of ether oxygens (including phenoxy) is 1. The second-order valence-corrected chi connectivity index (χ2v) is 4.51. The molecule has 1 aromatic carbocycles. The van der Waals surface area contributed by atoms with E-state index in [9.17, 15) is 14.0 Å². The van der Waals surface area contributed by atoms with Crippen molar-refractivity contribution in [1.29, 1.82) is 0 Å². The molecule has 0 aliphatic heterocycles. The molecule has 98 valence electrons. The number of anilines is 1.